The van der Waals surface area contributed by atoms with Gasteiger partial charge in [-0.2, -0.15) is 0 Å². The lowest BCUT2D eigenvalue weighted by Gasteiger charge is -2.25. The Morgan fingerprint density at radius 2 is 1.62 bits per heavy atom. The first kappa shape index (κ1) is 33.9. The molecule has 0 bridgehead atoms. The average Bonchev–Trinajstić information content (AvgIpc) is 3.62. The predicted molar refractivity (Wildman–Crippen MR) is 156 cm³/mol. The number of thiophene rings is 1. The summed E-state index contributed by atoms with van der Waals surface area (Å²) in [6.45, 7) is 3.86. The van der Waals surface area contributed by atoms with E-state index in [1.54, 1.807) is 6.07 Å². The Labute approximate surface area is 241 Å². The number of ether oxygens (including phenoxy) is 1. The number of benzene rings is 1. The molecule has 0 radical (unpaired) electrons. The summed E-state index contributed by atoms with van der Waals surface area (Å²) in [4.78, 5) is 26.8. The number of aliphatic hydroxyl groups excluding tert-OH is 5. The third-order valence-electron chi connectivity index (χ3n) is 6.71. The highest BCUT2D eigenvalue weighted by Crippen LogP contribution is 2.22. The van der Waals surface area contributed by atoms with Crippen LogP contribution in [0.1, 0.15) is 78.9 Å². The third kappa shape index (κ3) is 10.9. The number of rotatable bonds is 15. The molecule has 0 spiro atoms. The minimum absolute atomic E-state index is 0.269. The Bertz CT molecular complexity index is 1010. The fourth-order valence-corrected chi connectivity index (χ4v) is 5.29. The zero-order chi connectivity index (χ0) is 29.5. The van der Waals surface area contributed by atoms with E-state index < -0.39 is 43.6 Å². The molecule has 1 fully saturated rings. The zero-order valence-corrected chi connectivity index (χ0v) is 24.4. The van der Waals surface area contributed by atoms with Gasteiger partial charge < -0.3 is 35.2 Å². The van der Waals surface area contributed by atoms with Gasteiger partial charge in [0.1, 0.15) is 35.9 Å². The van der Waals surface area contributed by atoms with Crippen LogP contribution < -0.4 is 4.90 Å². The molecule has 4 atom stereocenters. The van der Waals surface area contributed by atoms with E-state index in [0.29, 0.717) is 11.3 Å². The van der Waals surface area contributed by atoms with Crippen LogP contribution in [0.2, 0.25) is 0 Å². The molecule has 2 heterocycles. The number of esters is 1. The fourth-order valence-electron chi connectivity index (χ4n) is 4.28. The summed E-state index contributed by atoms with van der Waals surface area (Å²) in [6, 6.07) is 12.0. The molecular formula is C30H45NO8S. The molecule has 1 aromatic heterocycles. The molecule has 0 aliphatic carbocycles. The molecule has 10 heteroatoms. The van der Waals surface area contributed by atoms with Gasteiger partial charge in [0.05, 0.1) is 6.61 Å². The largest absolute Gasteiger partial charge is 0.459 e. The van der Waals surface area contributed by atoms with Crippen molar-refractivity contribution in [2.45, 2.75) is 96.1 Å². The van der Waals surface area contributed by atoms with Crippen molar-refractivity contribution < 1.29 is 39.9 Å². The van der Waals surface area contributed by atoms with Crippen LogP contribution >= 0.6 is 11.3 Å². The molecule has 1 aliphatic heterocycles. The SMILES string of the molecule is CCCCCCc1ccc(N2CCCC2=O)cc1.CCCc1ccc(C(=O)OCC(O)C(O)C(O)C(O)CO)s1. The number of anilines is 1. The summed E-state index contributed by atoms with van der Waals surface area (Å²) in [5.41, 5.74) is 2.45. The zero-order valence-electron chi connectivity index (χ0n) is 23.6. The van der Waals surface area contributed by atoms with Crippen LogP contribution in [0.3, 0.4) is 0 Å². The Morgan fingerprint density at radius 3 is 2.23 bits per heavy atom. The number of unbranched alkanes of at least 4 members (excludes halogenated alkanes) is 3. The van der Waals surface area contributed by atoms with E-state index in [1.165, 1.54) is 42.6 Å². The minimum Gasteiger partial charge on any atom is -0.459 e. The Hall–Kier alpha value is -2.34. The maximum absolute atomic E-state index is 11.8. The van der Waals surface area contributed by atoms with Crippen molar-refractivity contribution in [2.75, 3.05) is 24.7 Å². The lowest BCUT2D eigenvalue weighted by Crippen LogP contribution is -2.47. The molecule has 40 heavy (non-hydrogen) atoms. The van der Waals surface area contributed by atoms with Gasteiger partial charge in [-0.1, -0.05) is 51.7 Å². The maximum atomic E-state index is 11.8. The van der Waals surface area contributed by atoms with Gasteiger partial charge in [-0.25, -0.2) is 4.79 Å². The normalized spacial score (nSPS) is 16.2. The van der Waals surface area contributed by atoms with Crippen molar-refractivity contribution in [3.05, 3.63) is 51.7 Å². The number of nitrogens with zero attached hydrogens (tertiary/aromatic N) is 1. The van der Waals surface area contributed by atoms with Crippen molar-refractivity contribution in [3.63, 3.8) is 0 Å². The smallest absolute Gasteiger partial charge is 0.348 e. The maximum Gasteiger partial charge on any atom is 0.348 e. The molecule has 9 nitrogen and oxygen atoms in total. The predicted octanol–water partition coefficient (Wildman–Crippen LogP) is 3.23. The van der Waals surface area contributed by atoms with E-state index in [4.69, 9.17) is 9.84 Å². The van der Waals surface area contributed by atoms with Crippen LogP contribution in [0.15, 0.2) is 36.4 Å². The summed E-state index contributed by atoms with van der Waals surface area (Å²) >= 11 is 1.30. The Kier molecular flexibility index (Phi) is 15.4. The number of carbonyl (C=O) groups is 2. The molecule has 3 rings (SSSR count). The number of carbonyl (C=O) groups excluding carboxylic acids is 2. The second-order valence-electron chi connectivity index (χ2n) is 10.0. The summed E-state index contributed by atoms with van der Waals surface area (Å²) < 4.78 is 4.87. The van der Waals surface area contributed by atoms with Crippen LogP contribution in [0, 0.1) is 0 Å². The van der Waals surface area contributed by atoms with E-state index in [0.717, 1.165) is 42.8 Å². The van der Waals surface area contributed by atoms with Crippen LogP contribution in [0.4, 0.5) is 5.69 Å². The van der Waals surface area contributed by atoms with E-state index in [-0.39, 0.29) is 5.91 Å². The summed E-state index contributed by atoms with van der Waals surface area (Å²) in [5.74, 6) is -0.360. The van der Waals surface area contributed by atoms with Crippen molar-refractivity contribution in [1.29, 1.82) is 0 Å². The van der Waals surface area contributed by atoms with Crippen molar-refractivity contribution >= 4 is 28.9 Å². The van der Waals surface area contributed by atoms with Gasteiger partial charge in [0.2, 0.25) is 5.91 Å². The molecule has 0 saturated carbocycles. The van der Waals surface area contributed by atoms with Gasteiger partial charge in [-0.3, -0.25) is 4.79 Å². The molecule has 1 amide bonds. The lowest BCUT2D eigenvalue weighted by molar-refractivity contribution is -0.124. The molecule has 2 aromatic rings. The Balaban J connectivity index is 0.000000285. The summed E-state index contributed by atoms with van der Waals surface area (Å²) in [5, 5.41) is 46.5. The Morgan fingerprint density at radius 1 is 0.925 bits per heavy atom. The van der Waals surface area contributed by atoms with E-state index >= 15 is 0 Å². The van der Waals surface area contributed by atoms with Gasteiger partial charge in [-0.05, 0) is 55.5 Å². The van der Waals surface area contributed by atoms with Crippen LogP contribution in [-0.2, 0) is 22.4 Å². The van der Waals surface area contributed by atoms with Crippen molar-refractivity contribution in [1.82, 2.24) is 0 Å². The number of aryl methyl sites for hydroxylation is 2. The topological polar surface area (TPSA) is 148 Å². The molecule has 1 aliphatic rings. The van der Waals surface area contributed by atoms with Gasteiger partial charge >= 0.3 is 5.97 Å². The summed E-state index contributed by atoms with van der Waals surface area (Å²) in [6.07, 6.45) is 3.27. The molecule has 1 aromatic carbocycles. The van der Waals surface area contributed by atoms with Crippen LogP contribution in [0.5, 0.6) is 0 Å². The fraction of sp³-hybridized carbons (Fsp3) is 0.600. The van der Waals surface area contributed by atoms with Gasteiger partial charge in [0.15, 0.2) is 0 Å². The minimum atomic E-state index is -1.74. The molecule has 4 unspecified atom stereocenters. The van der Waals surface area contributed by atoms with E-state index in [9.17, 15) is 30.0 Å². The average molecular weight is 580 g/mol. The number of amides is 1. The van der Waals surface area contributed by atoms with E-state index in [1.807, 2.05) is 17.9 Å². The first-order valence-corrected chi connectivity index (χ1v) is 15.0. The second-order valence-corrected chi connectivity index (χ2v) is 11.2. The van der Waals surface area contributed by atoms with E-state index in [2.05, 4.69) is 31.2 Å². The first-order valence-electron chi connectivity index (χ1n) is 14.2. The molecule has 1 saturated heterocycles. The quantitative estimate of drug-likeness (QED) is 0.160. The standard InChI is InChI=1S/C16H23NO.C14H22O7S/c1-2-3-4-5-7-14-9-11-15(12-10-14)17-13-6-8-16(17)18;1-2-3-8-4-5-11(22-8)14(20)21-7-10(17)13(19)12(18)9(16)6-15/h9-12H,2-8,13H2,1H3;4-5,9-10,12-13,15-19H,2-3,6-7H2,1H3. The monoisotopic (exact) mass is 579 g/mol. The van der Waals surface area contributed by atoms with Gasteiger partial charge in [0.25, 0.3) is 0 Å². The van der Waals surface area contributed by atoms with Gasteiger partial charge in [0, 0.05) is 23.5 Å². The molecule has 224 valence electrons. The third-order valence-corrected chi connectivity index (χ3v) is 7.84. The van der Waals surface area contributed by atoms with Crippen molar-refractivity contribution in [3.8, 4) is 0 Å². The highest BCUT2D eigenvalue weighted by molar-refractivity contribution is 7.13. The van der Waals surface area contributed by atoms with Crippen molar-refractivity contribution in [2.24, 2.45) is 0 Å². The second kappa shape index (κ2) is 18.2. The lowest BCUT2D eigenvalue weighted by atomic mass is 10.0. The first-order chi connectivity index (χ1) is 19.2. The molecule has 5 N–H and O–H groups in total. The summed E-state index contributed by atoms with van der Waals surface area (Å²) in [7, 11) is 0. The number of aliphatic hydroxyl groups is 5. The van der Waals surface area contributed by atoms with Crippen LogP contribution in [-0.4, -0.2) is 81.6 Å². The number of hydrogen-bond donors (Lipinski definition) is 5. The highest BCUT2D eigenvalue weighted by Gasteiger charge is 2.31. The number of hydrogen-bond acceptors (Lipinski definition) is 9. The van der Waals surface area contributed by atoms with Crippen LogP contribution in [0.25, 0.3) is 0 Å². The molecular weight excluding hydrogens is 534 g/mol. The van der Waals surface area contributed by atoms with Gasteiger partial charge in [-0.15, -0.1) is 11.3 Å². The highest BCUT2D eigenvalue weighted by atomic mass is 32.1.